The Morgan fingerprint density at radius 3 is 1.86 bits per heavy atom. The van der Waals surface area contributed by atoms with Crippen molar-refractivity contribution in [2.45, 2.75) is 140 Å². The van der Waals surface area contributed by atoms with Crippen LogP contribution >= 0.6 is 0 Å². The number of unbranched alkanes of at least 4 members (excludes halogenated alkanes) is 4. The van der Waals surface area contributed by atoms with Gasteiger partial charge in [-0.05, 0) is 98.1 Å². The fraction of sp³-hybridized carbons (Fsp3) is 0.765. The lowest BCUT2D eigenvalue weighted by Crippen LogP contribution is -2.36. The summed E-state index contributed by atoms with van der Waals surface area (Å²) in [5, 5.41) is 3.55. The van der Waals surface area contributed by atoms with Crippen LogP contribution in [0.3, 0.4) is 0 Å². The highest BCUT2D eigenvalue weighted by molar-refractivity contribution is 5.20. The predicted octanol–water partition coefficient (Wildman–Crippen LogP) is 11.5. The molecule has 1 nitrogen and oxygen atoms in total. The first-order valence-corrected chi connectivity index (χ1v) is 14.8. The average Bonchev–Trinajstić information content (AvgIpc) is 2.84. The molecule has 0 bridgehead atoms. The van der Waals surface area contributed by atoms with Gasteiger partial charge < -0.3 is 5.32 Å². The lowest BCUT2D eigenvalue weighted by Gasteiger charge is -2.32. The summed E-state index contributed by atoms with van der Waals surface area (Å²) in [6.45, 7) is 34.3. The van der Waals surface area contributed by atoms with Crippen LogP contribution in [0.15, 0.2) is 47.6 Å². The Morgan fingerprint density at radius 1 is 0.943 bits per heavy atom. The minimum Gasteiger partial charge on any atom is -0.316 e. The largest absolute Gasteiger partial charge is 0.316 e. The quantitative estimate of drug-likeness (QED) is 0.225. The molecule has 1 heteroatoms. The fourth-order valence-electron chi connectivity index (χ4n) is 3.85. The van der Waals surface area contributed by atoms with Gasteiger partial charge in [-0.3, -0.25) is 0 Å². The second-order valence-electron chi connectivity index (χ2n) is 10.7. The van der Waals surface area contributed by atoms with E-state index in [0.29, 0.717) is 5.92 Å². The third-order valence-electron chi connectivity index (χ3n) is 6.97. The molecular weight excluding hydrogens is 422 g/mol. The van der Waals surface area contributed by atoms with E-state index in [0.717, 1.165) is 11.8 Å². The van der Waals surface area contributed by atoms with Crippen LogP contribution in [0.2, 0.25) is 0 Å². The van der Waals surface area contributed by atoms with Crippen LogP contribution in [-0.4, -0.2) is 13.1 Å². The van der Waals surface area contributed by atoms with Gasteiger partial charge in [-0.1, -0.05) is 114 Å². The first-order chi connectivity index (χ1) is 16.6. The number of hydrogen-bond acceptors (Lipinski definition) is 1. The molecule has 3 atom stereocenters. The van der Waals surface area contributed by atoms with E-state index in [4.69, 9.17) is 0 Å². The summed E-state index contributed by atoms with van der Waals surface area (Å²) in [5.74, 6) is 2.16. The molecule has 0 saturated carbocycles. The van der Waals surface area contributed by atoms with Gasteiger partial charge in [0.15, 0.2) is 0 Å². The monoisotopic (exact) mass is 490 g/mol. The summed E-state index contributed by atoms with van der Waals surface area (Å²) in [6, 6.07) is 0. The molecule has 1 aliphatic heterocycles. The van der Waals surface area contributed by atoms with E-state index < -0.39 is 0 Å². The second kappa shape index (κ2) is 27.5. The summed E-state index contributed by atoms with van der Waals surface area (Å²) < 4.78 is 0. The maximum absolute atomic E-state index is 4.09. The van der Waals surface area contributed by atoms with Crippen LogP contribution in [0.1, 0.15) is 140 Å². The zero-order chi connectivity index (χ0) is 27.6. The highest BCUT2D eigenvalue weighted by Gasteiger charge is 2.23. The summed E-state index contributed by atoms with van der Waals surface area (Å²) in [4.78, 5) is 0. The van der Waals surface area contributed by atoms with Crippen molar-refractivity contribution in [3.8, 4) is 0 Å². The lowest BCUT2D eigenvalue weighted by molar-refractivity contribution is 0.242. The van der Waals surface area contributed by atoms with Gasteiger partial charge in [0.1, 0.15) is 0 Å². The number of hydrogen-bond donors (Lipinski definition) is 1. The Bertz CT molecular complexity index is 543. The molecule has 1 saturated heterocycles. The maximum Gasteiger partial charge on any atom is -0.00176 e. The van der Waals surface area contributed by atoms with Crippen molar-refractivity contribution in [2.75, 3.05) is 13.1 Å². The molecule has 35 heavy (non-hydrogen) atoms. The van der Waals surface area contributed by atoms with Crippen molar-refractivity contribution in [3.63, 3.8) is 0 Å². The van der Waals surface area contributed by atoms with E-state index in [1.54, 1.807) is 5.57 Å². The van der Waals surface area contributed by atoms with Crippen molar-refractivity contribution < 1.29 is 0 Å². The zero-order valence-corrected chi connectivity index (χ0v) is 26.3. The fourth-order valence-corrected chi connectivity index (χ4v) is 3.85. The van der Waals surface area contributed by atoms with E-state index in [9.17, 15) is 0 Å². The molecule has 0 aromatic rings. The Hall–Kier alpha value is -1.08. The summed E-state index contributed by atoms with van der Waals surface area (Å²) in [6.07, 6.45) is 17.5. The molecule has 1 aliphatic rings. The van der Waals surface area contributed by atoms with Gasteiger partial charge in [0, 0.05) is 0 Å². The van der Waals surface area contributed by atoms with Crippen molar-refractivity contribution in [3.05, 3.63) is 47.6 Å². The normalized spacial score (nSPS) is 18.1. The van der Waals surface area contributed by atoms with Crippen LogP contribution in [0.25, 0.3) is 0 Å². The predicted molar refractivity (Wildman–Crippen MR) is 166 cm³/mol. The summed E-state index contributed by atoms with van der Waals surface area (Å²) >= 11 is 0. The van der Waals surface area contributed by atoms with Crippen molar-refractivity contribution >= 4 is 0 Å². The molecule has 1 fully saturated rings. The molecule has 0 radical (unpaired) electrons. The molecule has 1 N–H and O–H groups in total. The van der Waals surface area contributed by atoms with Gasteiger partial charge in [-0.2, -0.15) is 0 Å². The molecule has 0 amide bonds. The smallest absolute Gasteiger partial charge is 0.00176 e. The molecule has 3 unspecified atom stereocenters. The van der Waals surface area contributed by atoms with E-state index in [1.807, 2.05) is 6.92 Å². The van der Waals surface area contributed by atoms with E-state index >= 15 is 0 Å². The first kappa shape index (κ1) is 38.5. The molecule has 0 spiro atoms. The van der Waals surface area contributed by atoms with Crippen LogP contribution in [-0.2, 0) is 0 Å². The first-order valence-electron chi connectivity index (χ1n) is 14.8. The third-order valence-corrected chi connectivity index (χ3v) is 6.97. The standard InChI is InChI=1S/C19H33N.C7H16.C5H10.C3H8/c1-7-8-18-11-12-20-13-19(18)10-9-15(4)17(6)16(5)14(2)3;1-3-5-7-6-4-2;1-4-5(2)3;1-3-2/h7,16,18-20H,1-2,8-13H2,3-6H3;3-7H2,1-2H3;4H,1-3H3;3H2,1-2H3/b17-15+;;;. The summed E-state index contributed by atoms with van der Waals surface area (Å²) in [5.41, 5.74) is 5.72. The zero-order valence-electron chi connectivity index (χ0n) is 26.3. The van der Waals surface area contributed by atoms with Crippen molar-refractivity contribution in [1.82, 2.24) is 5.32 Å². The molecule has 0 aliphatic carbocycles. The topological polar surface area (TPSA) is 12.0 Å². The van der Waals surface area contributed by atoms with E-state index in [2.05, 4.69) is 99.9 Å². The van der Waals surface area contributed by atoms with Crippen LogP contribution in [0.5, 0.6) is 0 Å². The SMILES string of the molecule is C=CCC1CCNCC1CC/C(C)=C(\C)C(C)C(=C)C.CC=C(C)C.CCC.CCCCCCC. The third kappa shape index (κ3) is 24.4. The highest BCUT2D eigenvalue weighted by Crippen LogP contribution is 2.30. The minimum atomic E-state index is 0.517. The minimum absolute atomic E-state index is 0.517. The molecule has 0 aromatic heterocycles. The Kier molecular flexibility index (Phi) is 30.2. The van der Waals surface area contributed by atoms with Crippen LogP contribution < -0.4 is 5.32 Å². The summed E-state index contributed by atoms with van der Waals surface area (Å²) in [7, 11) is 0. The molecule has 1 heterocycles. The lowest BCUT2D eigenvalue weighted by atomic mass is 9.80. The average molecular weight is 490 g/mol. The maximum atomic E-state index is 4.09. The van der Waals surface area contributed by atoms with Gasteiger partial charge >= 0.3 is 0 Å². The molecule has 1 rings (SSSR count). The van der Waals surface area contributed by atoms with Crippen molar-refractivity contribution in [2.24, 2.45) is 17.8 Å². The number of rotatable bonds is 11. The van der Waals surface area contributed by atoms with Gasteiger partial charge in [0.25, 0.3) is 0 Å². The van der Waals surface area contributed by atoms with E-state index in [-0.39, 0.29) is 0 Å². The Labute approximate surface area is 224 Å². The second-order valence-corrected chi connectivity index (χ2v) is 10.7. The highest BCUT2D eigenvalue weighted by atomic mass is 14.9. The number of piperidine rings is 1. The molecular formula is C34H67N. The van der Waals surface area contributed by atoms with Crippen LogP contribution in [0.4, 0.5) is 0 Å². The number of allylic oxidation sites excluding steroid dienone is 6. The van der Waals surface area contributed by atoms with Gasteiger partial charge in [0.05, 0.1) is 0 Å². The number of nitrogens with one attached hydrogen (secondary N) is 1. The Balaban J connectivity index is -0.000000558. The molecule has 208 valence electrons. The van der Waals surface area contributed by atoms with E-state index in [1.165, 1.54) is 94.0 Å². The van der Waals surface area contributed by atoms with Crippen molar-refractivity contribution in [1.29, 1.82) is 0 Å². The van der Waals surface area contributed by atoms with Gasteiger partial charge in [0.2, 0.25) is 0 Å². The van der Waals surface area contributed by atoms with Gasteiger partial charge in [-0.25, -0.2) is 0 Å². The Morgan fingerprint density at radius 2 is 1.46 bits per heavy atom. The van der Waals surface area contributed by atoms with Gasteiger partial charge in [-0.15, -0.1) is 6.58 Å². The van der Waals surface area contributed by atoms with Crippen LogP contribution in [0, 0.1) is 17.8 Å². The molecule has 0 aromatic carbocycles.